The molecule has 2 rings (SSSR count). The standard InChI is InChI=1S/C13H18O2/c1-10(14)9-11-5-2-3-8-13(11)15-12-6-4-7-12/h2-3,5,8,10,12,14H,4,6-7,9H2,1H3. The summed E-state index contributed by atoms with van der Waals surface area (Å²) in [5.41, 5.74) is 1.11. The highest BCUT2D eigenvalue weighted by atomic mass is 16.5. The van der Waals surface area contributed by atoms with Crippen LogP contribution in [0.3, 0.4) is 0 Å². The zero-order chi connectivity index (χ0) is 10.7. The van der Waals surface area contributed by atoms with Crippen molar-refractivity contribution < 1.29 is 9.84 Å². The third kappa shape index (κ3) is 2.72. The quantitative estimate of drug-likeness (QED) is 0.820. The van der Waals surface area contributed by atoms with Gasteiger partial charge >= 0.3 is 0 Å². The third-order valence-corrected chi connectivity index (χ3v) is 2.83. The number of rotatable bonds is 4. The van der Waals surface area contributed by atoms with Crippen molar-refractivity contribution in [3.63, 3.8) is 0 Å². The minimum absolute atomic E-state index is 0.309. The van der Waals surface area contributed by atoms with Crippen molar-refractivity contribution in [3.8, 4) is 5.75 Å². The van der Waals surface area contributed by atoms with E-state index in [1.165, 1.54) is 19.3 Å². The van der Waals surface area contributed by atoms with Gasteiger partial charge in [0.15, 0.2) is 0 Å². The molecule has 1 aromatic rings. The van der Waals surface area contributed by atoms with Gasteiger partial charge in [0.05, 0.1) is 12.2 Å². The summed E-state index contributed by atoms with van der Waals surface area (Å²) in [6.45, 7) is 1.81. The van der Waals surface area contributed by atoms with Crippen LogP contribution in [0.25, 0.3) is 0 Å². The van der Waals surface area contributed by atoms with E-state index in [0.717, 1.165) is 11.3 Å². The molecule has 0 aliphatic heterocycles. The molecular formula is C13H18O2. The van der Waals surface area contributed by atoms with Gasteiger partial charge in [0.1, 0.15) is 5.75 Å². The Labute approximate surface area is 90.9 Å². The van der Waals surface area contributed by atoms with E-state index < -0.39 is 0 Å². The lowest BCUT2D eigenvalue weighted by atomic mass is 9.96. The zero-order valence-electron chi connectivity index (χ0n) is 9.15. The predicted octanol–water partition coefficient (Wildman–Crippen LogP) is 2.54. The molecule has 0 heterocycles. The highest BCUT2D eigenvalue weighted by Crippen LogP contribution is 2.28. The fraction of sp³-hybridized carbons (Fsp3) is 0.538. The third-order valence-electron chi connectivity index (χ3n) is 2.83. The average molecular weight is 206 g/mol. The van der Waals surface area contributed by atoms with Crippen LogP contribution in [-0.2, 0) is 6.42 Å². The molecule has 0 aromatic heterocycles. The van der Waals surface area contributed by atoms with Crippen molar-refractivity contribution in [1.29, 1.82) is 0 Å². The van der Waals surface area contributed by atoms with Crippen LogP contribution in [0.1, 0.15) is 31.7 Å². The number of hydrogen-bond acceptors (Lipinski definition) is 2. The summed E-state index contributed by atoms with van der Waals surface area (Å²) in [6, 6.07) is 8.00. The molecule has 1 unspecified atom stereocenters. The van der Waals surface area contributed by atoms with Gasteiger partial charge in [-0.25, -0.2) is 0 Å². The predicted molar refractivity (Wildman–Crippen MR) is 60.1 cm³/mol. The Morgan fingerprint density at radius 1 is 1.40 bits per heavy atom. The van der Waals surface area contributed by atoms with E-state index >= 15 is 0 Å². The Kier molecular flexibility index (Phi) is 3.27. The Balaban J connectivity index is 2.06. The Bertz CT molecular complexity index is 316. The Morgan fingerprint density at radius 2 is 2.13 bits per heavy atom. The van der Waals surface area contributed by atoms with Crippen molar-refractivity contribution in [2.45, 2.75) is 44.8 Å². The summed E-state index contributed by atoms with van der Waals surface area (Å²) in [4.78, 5) is 0. The molecule has 1 aliphatic carbocycles. The van der Waals surface area contributed by atoms with Gasteiger partial charge in [0.2, 0.25) is 0 Å². The van der Waals surface area contributed by atoms with Crippen molar-refractivity contribution in [2.24, 2.45) is 0 Å². The smallest absolute Gasteiger partial charge is 0.122 e. The summed E-state index contributed by atoms with van der Waals surface area (Å²) in [6.07, 6.45) is 4.38. The van der Waals surface area contributed by atoms with Crippen LogP contribution in [0.4, 0.5) is 0 Å². The average Bonchev–Trinajstić information content (AvgIpc) is 2.13. The topological polar surface area (TPSA) is 29.5 Å². The monoisotopic (exact) mass is 206 g/mol. The molecule has 1 atom stereocenters. The molecule has 2 nitrogen and oxygen atoms in total. The van der Waals surface area contributed by atoms with E-state index in [1.54, 1.807) is 6.92 Å². The van der Waals surface area contributed by atoms with Gasteiger partial charge < -0.3 is 9.84 Å². The maximum Gasteiger partial charge on any atom is 0.122 e. The largest absolute Gasteiger partial charge is 0.490 e. The van der Waals surface area contributed by atoms with Gasteiger partial charge in [-0.15, -0.1) is 0 Å². The van der Waals surface area contributed by atoms with Gasteiger partial charge in [-0.2, -0.15) is 0 Å². The first-order valence-electron chi connectivity index (χ1n) is 5.68. The van der Waals surface area contributed by atoms with Crippen molar-refractivity contribution >= 4 is 0 Å². The fourth-order valence-electron chi connectivity index (χ4n) is 1.77. The number of para-hydroxylation sites is 1. The van der Waals surface area contributed by atoms with Crippen LogP contribution in [0, 0.1) is 0 Å². The first-order chi connectivity index (χ1) is 7.25. The molecule has 15 heavy (non-hydrogen) atoms. The fourth-order valence-corrected chi connectivity index (χ4v) is 1.77. The minimum atomic E-state index is -0.309. The maximum absolute atomic E-state index is 9.38. The van der Waals surface area contributed by atoms with Gasteiger partial charge in [-0.05, 0) is 37.8 Å². The number of aliphatic hydroxyl groups is 1. The summed E-state index contributed by atoms with van der Waals surface area (Å²) in [5, 5.41) is 9.38. The second-order valence-electron chi connectivity index (χ2n) is 4.33. The van der Waals surface area contributed by atoms with Gasteiger partial charge in [-0.3, -0.25) is 0 Å². The molecule has 0 amide bonds. The van der Waals surface area contributed by atoms with Gasteiger partial charge in [0.25, 0.3) is 0 Å². The van der Waals surface area contributed by atoms with E-state index in [9.17, 15) is 5.11 Å². The lowest BCUT2D eigenvalue weighted by molar-refractivity contribution is 0.117. The Hall–Kier alpha value is -1.02. The zero-order valence-corrected chi connectivity index (χ0v) is 9.15. The van der Waals surface area contributed by atoms with E-state index in [-0.39, 0.29) is 6.10 Å². The summed E-state index contributed by atoms with van der Waals surface area (Å²) in [7, 11) is 0. The van der Waals surface area contributed by atoms with Crippen LogP contribution in [0.5, 0.6) is 5.75 Å². The number of ether oxygens (including phenoxy) is 1. The molecule has 1 aliphatic rings. The normalized spacial score (nSPS) is 18.3. The molecule has 1 N–H and O–H groups in total. The van der Waals surface area contributed by atoms with Gasteiger partial charge in [0, 0.05) is 6.42 Å². The molecular weight excluding hydrogens is 188 g/mol. The lowest BCUT2D eigenvalue weighted by Crippen LogP contribution is -2.25. The molecule has 1 saturated carbocycles. The summed E-state index contributed by atoms with van der Waals surface area (Å²) in [5.74, 6) is 0.947. The van der Waals surface area contributed by atoms with Crippen LogP contribution in [-0.4, -0.2) is 17.3 Å². The van der Waals surface area contributed by atoms with E-state index in [1.807, 2.05) is 24.3 Å². The number of aliphatic hydroxyl groups excluding tert-OH is 1. The molecule has 0 bridgehead atoms. The molecule has 2 heteroatoms. The highest BCUT2D eigenvalue weighted by molar-refractivity contribution is 5.34. The Morgan fingerprint density at radius 3 is 2.73 bits per heavy atom. The SMILES string of the molecule is CC(O)Cc1ccccc1OC1CCC1. The summed E-state index contributed by atoms with van der Waals surface area (Å²) < 4.78 is 5.87. The van der Waals surface area contributed by atoms with Crippen LogP contribution in [0.2, 0.25) is 0 Å². The first kappa shape index (κ1) is 10.5. The van der Waals surface area contributed by atoms with Crippen molar-refractivity contribution in [3.05, 3.63) is 29.8 Å². The second kappa shape index (κ2) is 4.67. The van der Waals surface area contributed by atoms with Crippen LogP contribution in [0.15, 0.2) is 24.3 Å². The molecule has 82 valence electrons. The number of benzene rings is 1. The molecule has 0 radical (unpaired) electrons. The van der Waals surface area contributed by atoms with Crippen LogP contribution < -0.4 is 4.74 Å². The van der Waals surface area contributed by atoms with Crippen molar-refractivity contribution in [2.75, 3.05) is 0 Å². The minimum Gasteiger partial charge on any atom is -0.490 e. The van der Waals surface area contributed by atoms with E-state index in [2.05, 4.69) is 0 Å². The lowest BCUT2D eigenvalue weighted by Gasteiger charge is -2.27. The first-order valence-corrected chi connectivity index (χ1v) is 5.68. The summed E-state index contributed by atoms with van der Waals surface area (Å²) >= 11 is 0. The molecule has 1 fully saturated rings. The van der Waals surface area contributed by atoms with E-state index in [0.29, 0.717) is 12.5 Å². The van der Waals surface area contributed by atoms with Gasteiger partial charge in [-0.1, -0.05) is 18.2 Å². The number of hydrogen-bond donors (Lipinski definition) is 1. The van der Waals surface area contributed by atoms with E-state index in [4.69, 9.17) is 4.74 Å². The molecule has 0 spiro atoms. The van der Waals surface area contributed by atoms with Crippen LogP contribution >= 0.6 is 0 Å². The highest BCUT2D eigenvalue weighted by Gasteiger charge is 2.20. The van der Waals surface area contributed by atoms with Crippen molar-refractivity contribution in [1.82, 2.24) is 0 Å². The molecule has 0 saturated heterocycles. The second-order valence-corrected chi connectivity index (χ2v) is 4.33. The molecule has 1 aromatic carbocycles. The maximum atomic E-state index is 9.38.